The predicted molar refractivity (Wildman–Crippen MR) is 83.7 cm³/mol. The van der Waals surface area contributed by atoms with Crippen LogP contribution in [0.5, 0.6) is 0 Å². The molecule has 1 aliphatic heterocycles. The van der Waals surface area contributed by atoms with E-state index in [4.69, 9.17) is 11.6 Å². The zero-order valence-electron chi connectivity index (χ0n) is 12.2. The number of nitrogens with one attached hydrogen (secondary N) is 1. The van der Waals surface area contributed by atoms with Crippen LogP contribution in [-0.4, -0.2) is 45.8 Å². The van der Waals surface area contributed by atoms with Gasteiger partial charge in [0.2, 0.25) is 0 Å². The van der Waals surface area contributed by atoms with E-state index in [1.807, 2.05) is 12.1 Å². The van der Waals surface area contributed by atoms with Crippen molar-refractivity contribution in [1.29, 1.82) is 0 Å². The lowest BCUT2D eigenvalue weighted by Crippen LogP contribution is -2.40. The monoisotopic (exact) mass is 305 g/mol. The number of nitrogens with zero attached hydrogens (tertiary/aromatic N) is 4. The van der Waals surface area contributed by atoms with Crippen molar-refractivity contribution in [2.24, 2.45) is 0 Å². The highest BCUT2D eigenvalue weighted by molar-refractivity contribution is 6.30. The average molecular weight is 306 g/mol. The molecule has 1 fully saturated rings. The SMILES string of the molecule is CN(Cc1ccc(Cl)cc1-n1cncn1)C1CCNCC1. The number of piperidine rings is 1. The Bertz CT molecular complexity index is 578. The molecular formula is C15H20ClN5. The Kier molecular flexibility index (Phi) is 4.53. The largest absolute Gasteiger partial charge is 0.317 e. The maximum Gasteiger partial charge on any atom is 0.138 e. The highest BCUT2D eigenvalue weighted by atomic mass is 35.5. The van der Waals surface area contributed by atoms with Gasteiger partial charge in [-0.2, -0.15) is 5.10 Å². The lowest BCUT2D eigenvalue weighted by molar-refractivity contribution is 0.191. The van der Waals surface area contributed by atoms with Crippen LogP contribution in [0, 0.1) is 0 Å². The third-order valence-electron chi connectivity index (χ3n) is 4.06. The Morgan fingerprint density at radius 1 is 1.38 bits per heavy atom. The van der Waals surface area contributed by atoms with Gasteiger partial charge in [0.15, 0.2) is 0 Å². The van der Waals surface area contributed by atoms with Gasteiger partial charge in [-0.05, 0) is 50.7 Å². The average Bonchev–Trinajstić information content (AvgIpc) is 3.04. The Labute approximate surface area is 129 Å². The van der Waals surface area contributed by atoms with Crippen LogP contribution >= 0.6 is 11.6 Å². The van der Waals surface area contributed by atoms with Gasteiger partial charge < -0.3 is 5.32 Å². The smallest absolute Gasteiger partial charge is 0.138 e. The summed E-state index contributed by atoms with van der Waals surface area (Å²) in [6.45, 7) is 3.09. The summed E-state index contributed by atoms with van der Waals surface area (Å²) in [4.78, 5) is 6.45. The van der Waals surface area contributed by atoms with Crippen LogP contribution < -0.4 is 5.32 Å². The second-order valence-corrected chi connectivity index (χ2v) is 5.95. The van der Waals surface area contributed by atoms with Crippen LogP contribution in [0.2, 0.25) is 5.02 Å². The Hall–Kier alpha value is -1.43. The summed E-state index contributed by atoms with van der Waals surface area (Å²) in [7, 11) is 2.19. The van der Waals surface area contributed by atoms with Crippen molar-refractivity contribution in [2.75, 3.05) is 20.1 Å². The van der Waals surface area contributed by atoms with Crippen molar-refractivity contribution >= 4 is 11.6 Å². The molecule has 1 aliphatic rings. The molecule has 1 saturated heterocycles. The van der Waals surface area contributed by atoms with E-state index < -0.39 is 0 Å². The first kappa shape index (κ1) is 14.5. The first-order valence-electron chi connectivity index (χ1n) is 7.28. The molecule has 0 radical (unpaired) electrons. The quantitative estimate of drug-likeness (QED) is 0.940. The van der Waals surface area contributed by atoms with Crippen LogP contribution in [0.3, 0.4) is 0 Å². The minimum atomic E-state index is 0.630. The van der Waals surface area contributed by atoms with Crippen molar-refractivity contribution in [1.82, 2.24) is 25.0 Å². The predicted octanol–water partition coefficient (Wildman–Crippen LogP) is 2.10. The standard InChI is InChI=1S/C15H20ClN5/c1-20(14-4-6-17-7-5-14)9-12-2-3-13(16)8-15(12)21-11-18-10-19-21/h2-3,8,10-11,14,17H,4-7,9H2,1H3. The molecule has 0 atom stereocenters. The topological polar surface area (TPSA) is 46.0 Å². The number of hydrogen-bond donors (Lipinski definition) is 1. The van der Waals surface area contributed by atoms with Gasteiger partial charge in [0.05, 0.1) is 5.69 Å². The molecule has 112 valence electrons. The highest BCUT2D eigenvalue weighted by Crippen LogP contribution is 2.22. The first-order valence-corrected chi connectivity index (χ1v) is 7.66. The van der Waals surface area contributed by atoms with Crippen LogP contribution in [0.4, 0.5) is 0 Å². The normalized spacial score (nSPS) is 16.5. The second kappa shape index (κ2) is 6.56. The molecule has 2 heterocycles. The highest BCUT2D eigenvalue weighted by Gasteiger charge is 2.19. The third kappa shape index (κ3) is 3.43. The first-order chi connectivity index (χ1) is 10.2. The molecule has 0 unspecified atom stereocenters. The minimum Gasteiger partial charge on any atom is -0.317 e. The number of halogens is 1. The number of benzene rings is 1. The van der Waals surface area contributed by atoms with Crippen molar-refractivity contribution in [3.63, 3.8) is 0 Å². The van der Waals surface area contributed by atoms with Crippen molar-refractivity contribution in [3.8, 4) is 5.69 Å². The molecule has 6 heteroatoms. The molecule has 0 bridgehead atoms. The zero-order valence-corrected chi connectivity index (χ0v) is 12.9. The van der Waals surface area contributed by atoms with E-state index in [1.165, 1.54) is 18.4 Å². The molecule has 1 N–H and O–H groups in total. The van der Waals surface area contributed by atoms with E-state index in [1.54, 1.807) is 17.3 Å². The maximum atomic E-state index is 6.14. The molecule has 3 rings (SSSR count). The maximum absolute atomic E-state index is 6.14. The number of hydrogen-bond acceptors (Lipinski definition) is 4. The molecule has 5 nitrogen and oxygen atoms in total. The van der Waals surface area contributed by atoms with Gasteiger partial charge in [0.1, 0.15) is 12.7 Å². The second-order valence-electron chi connectivity index (χ2n) is 5.51. The summed E-state index contributed by atoms with van der Waals surface area (Å²) < 4.78 is 1.78. The minimum absolute atomic E-state index is 0.630. The molecular weight excluding hydrogens is 286 g/mol. The van der Waals surface area contributed by atoms with Crippen molar-refractivity contribution in [3.05, 3.63) is 41.4 Å². The molecule has 1 aromatic heterocycles. The van der Waals surface area contributed by atoms with Gasteiger partial charge in [-0.25, -0.2) is 9.67 Å². The van der Waals surface area contributed by atoms with Gasteiger partial charge in [-0.3, -0.25) is 4.90 Å². The van der Waals surface area contributed by atoms with Gasteiger partial charge in [0, 0.05) is 17.6 Å². The Morgan fingerprint density at radius 2 is 2.19 bits per heavy atom. The summed E-state index contributed by atoms with van der Waals surface area (Å²) in [6.07, 6.45) is 5.65. The lowest BCUT2D eigenvalue weighted by Gasteiger charge is -2.32. The van der Waals surface area contributed by atoms with Crippen molar-refractivity contribution < 1.29 is 0 Å². The fourth-order valence-electron chi connectivity index (χ4n) is 2.86. The summed E-state index contributed by atoms with van der Waals surface area (Å²) in [5, 5.41) is 8.35. The number of rotatable bonds is 4. The molecule has 2 aromatic rings. The molecule has 0 aliphatic carbocycles. The lowest BCUT2D eigenvalue weighted by atomic mass is 10.0. The van der Waals surface area contributed by atoms with E-state index in [9.17, 15) is 0 Å². The summed E-state index contributed by atoms with van der Waals surface area (Å²) in [5.41, 5.74) is 2.21. The van der Waals surface area contributed by atoms with Crippen LogP contribution in [0.15, 0.2) is 30.9 Å². The third-order valence-corrected chi connectivity index (χ3v) is 4.30. The fourth-order valence-corrected chi connectivity index (χ4v) is 3.03. The van der Waals surface area contributed by atoms with Gasteiger partial charge in [0.25, 0.3) is 0 Å². The summed E-state index contributed by atoms with van der Waals surface area (Å²) >= 11 is 6.14. The zero-order chi connectivity index (χ0) is 14.7. The summed E-state index contributed by atoms with van der Waals surface area (Å²) in [5.74, 6) is 0. The van der Waals surface area contributed by atoms with Gasteiger partial charge >= 0.3 is 0 Å². The summed E-state index contributed by atoms with van der Waals surface area (Å²) in [6, 6.07) is 6.59. The molecule has 0 spiro atoms. The van der Waals surface area contributed by atoms with E-state index in [0.717, 1.165) is 25.3 Å². The number of aromatic nitrogens is 3. The Morgan fingerprint density at radius 3 is 2.90 bits per heavy atom. The van der Waals surface area contributed by atoms with Crippen LogP contribution in [-0.2, 0) is 6.54 Å². The van der Waals surface area contributed by atoms with Crippen LogP contribution in [0.1, 0.15) is 18.4 Å². The molecule has 1 aromatic carbocycles. The molecule has 0 saturated carbocycles. The van der Waals surface area contributed by atoms with Gasteiger partial charge in [-0.15, -0.1) is 0 Å². The van der Waals surface area contributed by atoms with Crippen LogP contribution in [0.25, 0.3) is 5.69 Å². The van der Waals surface area contributed by atoms with Gasteiger partial charge in [-0.1, -0.05) is 17.7 Å². The molecule has 21 heavy (non-hydrogen) atoms. The van der Waals surface area contributed by atoms with Crippen molar-refractivity contribution in [2.45, 2.75) is 25.4 Å². The van der Waals surface area contributed by atoms with E-state index >= 15 is 0 Å². The fraction of sp³-hybridized carbons (Fsp3) is 0.467. The Balaban J connectivity index is 1.81. The van der Waals surface area contributed by atoms with E-state index in [0.29, 0.717) is 11.1 Å². The van der Waals surface area contributed by atoms with E-state index in [2.05, 4.69) is 33.4 Å². The van der Waals surface area contributed by atoms with E-state index in [-0.39, 0.29) is 0 Å². The molecule has 0 amide bonds.